The molecule has 1 aliphatic heterocycles. The highest BCUT2D eigenvalue weighted by Crippen LogP contribution is 2.23. The number of unbranched alkanes of at least 4 members (excludes halogenated alkanes) is 4. The van der Waals surface area contributed by atoms with Gasteiger partial charge in [-0.1, -0.05) is 39.0 Å². The Labute approximate surface area is 94.6 Å². The quantitative estimate of drug-likeness (QED) is 0.659. The number of nitrogens with two attached hydrogens (primary N) is 1. The van der Waals surface area contributed by atoms with Crippen LogP contribution in [0, 0.1) is 0 Å². The molecule has 0 bridgehead atoms. The van der Waals surface area contributed by atoms with Gasteiger partial charge in [0.2, 0.25) is 0 Å². The summed E-state index contributed by atoms with van der Waals surface area (Å²) in [5, 5.41) is 0. The van der Waals surface area contributed by atoms with Crippen LogP contribution in [-0.4, -0.2) is 18.2 Å². The first-order valence-electron chi connectivity index (χ1n) is 6.65. The summed E-state index contributed by atoms with van der Waals surface area (Å²) in [5.74, 6) is 0. The van der Waals surface area contributed by atoms with Crippen molar-refractivity contribution in [3.63, 3.8) is 0 Å². The SMILES string of the molecule is CCCCCCCC(N)C1CCC(C)O1. The second-order valence-electron chi connectivity index (χ2n) is 4.93. The predicted octanol–water partition coefficient (Wildman–Crippen LogP) is 3.24. The van der Waals surface area contributed by atoms with Crippen LogP contribution in [-0.2, 0) is 4.74 Å². The zero-order valence-electron chi connectivity index (χ0n) is 10.4. The Bertz CT molecular complexity index is 161. The van der Waals surface area contributed by atoms with E-state index in [2.05, 4.69) is 13.8 Å². The van der Waals surface area contributed by atoms with Crippen molar-refractivity contribution < 1.29 is 4.74 Å². The van der Waals surface area contributed by atoms with E-state index in [-0.39, 0.29) is 6.04 Å². The molecular formula is C13H27NO. The largest absolute Gasteiger partial charge is 0.374 e. The van der Waals surface area contributed by atoms with E-state index in [1.165, 1.54) is 38.5 Å². The van der Waals surface area contributed by atoms with Crippen LogP contribution in [0.2, 0.25) is 0 Å². The summed E-state index contributed by atoms with van der Waals surface area (Å²) >= 11 is 0. The maximum atomic E-state index is 6.13. The highest BCUT2D eigenvalue weighted by Gasteiger charge is 2.26. The fourth-order valence-electron chi connectivity index (χ4n) is 2.32. The molecule has 2 N–H and O–H groups in total. The summed E-state index contributed by atoms with van der Waals surface area (Å²) in [4.78, 5) is 0. The molecule has 0 aromatic rings. The zero-order valence-corrected chi connectivity index (χ0v) is 10.4. The third kappa shape index (κ3) is 4.98. The standard InChI is InChI=1S/C13H27NO/c1-3-4-5-6-7-8-12(14)13-10-9-11(2)15-13/h11-13H,3-10,14H2,1-2H3. The third-order valence-corrected chi connectivity index (χ3v) is 3.38. The van der Waals surface area contributed by atoms with E-state index < -0.39 is 0 Å². The topological polar surface area (TPSA) is 35.2 Å². The van der Waals surface area contributed by atoms with Crippen molar-refractivity contribution in [2.45, 2.75) is 83.5 Å². The molecule has 3 unspecified atom stereocenters. The molecule has 1 fully saturated rings. The molecule has 90 valence electrons. The minimum atomic E-state index is 0.275. The molecular weight excluding hydrogens is 186 g/mol. The monoisotopic (exact) mass is 213 g/mol. The lowest BCUT2D eigenvalue weighted by Gasteiger charge is -2.19. The lowest BCUT2D eigenvalue weighted by atomic mass is 10.0. The van der Waals surface area contributed by atoms with Crippen molar-refractivity contribution in [3.05, 3.63) is 0 Å². The maximum Gasteiger partial charge on any atom is 0.0730 e. The lowest BCUT2D eigenvalue weighted by molar-refractivity contribution is 0.0382. The molecule has 0 aromatic carbocycles. The summed E-state index contributed by atoms with van der Waals surface area (Å²) in [6.45, 7) is 4.40. The molecule has 1 saturated heterocycles. The number of ether oxygens (including phenoxy) is 1. The fourth-order valence-corrected chi connectivity index (χ4v) is 2.32. The fraction of sp³-hybridized carbons (Fsp3) is 1.00. The van der Waals surface area contributed by atoms with Gasteiger partial charge in [0.1, 0.15) is 0 Å². The molecule has 2 nitrogen and oxygen atoms in total. The van der Waals surface area contributed by atoms with Gasteiger partial charge in [0.25, 0.3) is 0 Å². The van der Waals surface area contributed by atoms with Crippen LogP contribution in [0.25, 0.3) is 0 Å². The van der Waals surface area contributed by atoms with E-state index >= 15 is 0 Å². The maximum absolute atomic E-state index is 6.13. The first kappa shape index (κ1) is 13.0. The molecule has 1 heterocycles. The van der Waals surface area contributed by atoms with Crippen molar-refractivity contribution in [3.8, 4) is 0 Å². The second kappa shape index (κ2) is 7.24. The minimum Gasteiger partial charge on any atom is -0.374 e. The normalized spacial score (nSPS) is 28.2. The Morgan fingerprint density at radius 2 is 1.93 bits per heavy atom. The van der Waals surface area contributed by atoms with Crippen LogP contribution < -0.4 is 5.73 Å². The Kier molecular flexibility index (Phi) is 6.26. The number of hydrogen-bond acceptors (Lipinski definition) is 2. The highest BCUT2D eigenvalue weighted by atomic mass is 16.5. The van der Waals surface area contributed by atoms with Gasteiger partial charge in [-0.25, -0.2) is 0 Å². The van der Waals surface area contributed by atoms with Gasteiger partial charge >= 0.3 is 0 Å². The molecule has 0 amide bonds. The smallest absolute Gasteiger partial charge is 0.0730 e. The first-order valence-corrected chi connectivity index (χ1v) is 6.65. The van der Waals surface area contributed by atoms with Crippen molar-refractivity contribution in [2.24, 2.45) is 5.73 Å². The summed E-state index contributed by atoms with van der Waals surface area (Å²) < 4.78 is 5.78. The van der Waals surface area contributed by atoms with Gasteiger partial charge in [-0.05, 0) is 26.2 Å². The van der Waals surface area contributed by atoms with Crippen LogP contribution in [0.5, 0.6) is 0 Å². The Hall–Kier alpha value is -0.0800. The van der Waals surface area contributed by atoms with Crippen molar-refractivity contribution >= 4 is 0 Å². The van der Waals surface area contributed by atoms with Gasteiger partial charge in [-0.3, -0.25) is 0 Å². The molecule has 0 aliphatic carbocycles. The third-order valence-electron chi connectivity index (χ3n) is 3.38. The van der Waals surface area contributed by atoms with Crippen LogP contribution >= 0.6 is 0 Å². The van der Waals surface area contributed by atoms with E-state index in [0.717, 1.165) is 12.8 Å². The highest BCUT2D eigenvalue weighted by molar-refractivity contribution is 4.80. The summed E-state index contributed by atoms with van der Waals surface area (Å²) in [6.07, 6.45) is 10.9. The Morgan fingerprint density at radius 1 is 1.20 bits per heavy atom. The average Bonchev–Trinajstić information content (AvgIpc) is 2.64. The van der Waals surface area contributed by atoms with Gasteiger partial charge in [-0.15, -0.1) is 0 Å². The van der Waals surface area contributed by atoms with Gasteiger partial charge in [0.05, 0.1) is 12.2 Å². The van der Waals surface area contributed by atoms with Crippen LogP contribution in [0.15, 0.2) is 0 Å². The average molecular weight is 213 g/mol. The predicted molar refractivity (Wildman–Crippen MR) is 64.9 cm³/mol. The van der Waals surface area contributed by atoms with E-state index in [4.69, 9.17) is 10.5 Å². The van der Waals surface area contributed by atoms with Crippen molar-refractivity contribution in [1.82, 2.24) is 0 Å². The molecule has 15 heavy (non-hydrogen) atoms. The summed E-state index contributed by atoms with van der Waals surface area (Å²) in [5.41, 5.74) is 6.13. The van der Waals surface area contributed by atoms with E-state index in [1.54, 1.807) is 0 Å². The number of rotatable bonds is 7. The molecule has 2 heteroatoms. The molecule has 0 spiro atoms. The Morgan fingerprint density at radius 3 is 2.53 bits per heavy atom. The zero-order chi connectivity index (χ0) is 11.1. The van der Waals surface area contributed by atoms with E-state index in [9.17, 15) is 0 Å². The van der Waals surface area contributed by atoms with E-state index in [0.29, 0.717) is 12.2 Å². The summed E-state index contributed by atoms with van der Waals surface area (Å²) in [6, 6.07) is 0.275. The molecule has 0 aromatic heterocycles. The molecule has 1 aliphatic rings. The van der Waals surface area contributed by atoms with Crippen LogP contribution in [0.1, 0.15) is 65.2 Å². The minimum absolute atomic E-state index is 0.275. The first-order chi connectivity index (χ1) is 7.24. The van der Waals surface area contributed by atoms with Gasteiger partial charge in [0.15, 0.2) is 0 Å². The van der Waals surface area contributed by atoms with Gasteiger partial charge < -0.3 is 10.5 Å². The molecule has 3 atom stereocenters. The molecule has 0 radical (unpaired) electrons. The number of hydrogen-bond donors (Lipinski definition) is 1. The van der Waals surface area contributed by atoms with Gasteiger partial charge in [-0.2, -0.15) is 0 Å². The second-order valence-corrected chi connectivity index (χ2v) is 4.93. The van der Waals surface area contributed by atoms with Gasteiger partial charge in [0, 0.05) is 6.04 Å². The lowest BCUT2D eigenvalue weighted by Crippen LogP contribution is -2.34. The Balaban J connectivity index is 2.00. The molecule has 1 rings (SSSR count). The van der Waals surface area contributed by atoms with Crippen molar-refractivity contribution in [2.75, 3.05) is 0 Å². The molecule has 0 saturated carbocycles. The summed E-state index contributed by atoms with van der Waals surface area (Å²) in [7, 11) is 0. The van der Waals surface area contributed by atoms with Crippen molar-refractivity contribution in [1.29, 1.82) is 0 Å². The van der Waals surface area contributed by atoms with E-state index in [1.807, 2.05) is 0 Å². The van der Waals surface area contributed by atoms with Crippen LogP contribution in [0.3, 0.4) is 0 Å². The van der Waals surface area contributed by atoms with Crippen LogP contribution in [0.4, 0.5) is 0 Å².